The number of carbonyl (C=O) groups excluding carboxylic acids is 3. The molecule has 0 saturated carbocycles. The Labute approximate surface area is 130 Å². The van der Waals surface area contributed by atoms with Gasteiger partial charge in [-0.15, -0.1) is 0 Å². The van der Waals surface area contributed by atoms with Crippen LogP contribution in [0.25, 0.3) is 0 Å². The van der Waals surface area contributed by atoms with Crippen molar-refractivity contribution in [2.45, 2.75) is 26.4 Å². The molecule has 1 aliphatic rings. The first-order valence-electron chi connectivity index (χ1n) is 6.54. The van der Waals surface area contributed by atoms with Crippen LogP contribution in [0.1, 0.15) is 26.3 Å². The van der Waals surface area contributed by atoms with Crippen LogP contribution in [0.4, 0.5) is 8.78 Å². The molecule has 2 rings (SSSR count). The lowest BCUT2D eigenvalue weighted by atomic mass is 9.91. The maximum atomic E-state index is 14.0. The van der Waals surface area contributed by atoms with Crippen molar-refractivity contribution < 1.29 is 32.6 Å². The third-order valence-corrected chi connectivity index (χ3v) is 3.13. The minimum Gasteiger partial charge on any atom is -0.456 e. The summed E-state index contributed by atoms with van der Waals surface area (Å²) >= 11 is 0. The van der Waals surface area contributed by atoms with Crippen molar-refractivity contribution in [3.8, 4) is 0 Å². The van der Waals surface area contributed by atoms with Crippen molar-refractivity contribution in [2.24, 2.45) is 0 Å². The van der Waals surface area contributed by atoms with Gasteiger partial charge in [0.1, 0.15) is 11.6 Å². The van der Waals surface area contributed by atoms with Crippen molar-refractivity contribution in [3.05, 3.63) is 47.0 Å². The molecule has 0 saturated heterocycles. The molecule has 1 heterocycles. The van der Waals surface area contributed by atoms with Crippen LogP contribution in [-0.4, -0.2) is 17.7 Å². The normalized spacial score (nSPS) is 20.3. The molecule has 0 bridgehead atoms. The Hall–Kier alpha value is -2.77. The molecule has 0 aromatic heterocycles. The third kappa shape index (κ3) is 3.05. The second-order valence-corrected chi connectivity index (χ2v) is 5.02. The summed E-state index contributed by atoms with van der Waals surface area (Å²) in [5.74, 6) is -5.04. The molecule has 8 heteroatoms. The van der Waals surface area contributed by atoms with E-state index in [0.29, 0.717) is 6.07 Å². The van der Waals surface area contributed by atoms with Gasteiger partial charge in [0.2, 0.25) is 23.2 Å². The summed E-state index contributed by atoms with van der Waals surface area (Å²) in [7, 11) is 0. The Kier molecular flexibility index (Phi) is 4.18. The van der Waals surface area contributed by atoms with Crippen molar-refractivity contribution in [3.63, 3.8) is 0 Å². The van der Waals surface area contributed by atoms with E-state index in [1.165, 1.54) is 6.92 Å². The lowest BCUT2D eigenvalue weighted by Crippen LogP contribution is -2.33. The summed E-state index contributed by atoms with van der Waals surface area (Å²) in [4.78, 5) is 34.9. The molecule has 0 aliphatic carbocycles. The zero-order valence-corrected chi connectivity index (χ0v) is 12.5. The first-order valence-corrected chi connectivity index (χ1v) is 6.54. The van der Waals surface area contributed by atoms with Gasteiger partial charge in [-0.25, -0.2) is 8.78 Å². The summed E-state index contributed by atoms with van der Waals surface area (Å²) in [5.41, 5.74) is -2.16. The summed E-state index contributed by atoms with van der Waals surface area (Å²) in [6, 6.07) is 2.60. The van der Waals surface area contributed by atoms with Crippen LogP contribution < -0.4 is 5.32 Å². The molecule has 0 radical (unpaired) electrons. The minimum atomic E-state index is -1.90. The van der Waals surface area contributed by atoms with E-state index in [0.717, 1.165) is 26.0 Å². The quantitative estimate of drug-likeness (QED) is 0.855. The average molecular weight is 325 g/mol. The summed E-state index contributed by atoms with van der Waals surface area (Å²) in [6.07, 6.45) is 0. The zero-order valence-electron chi connectivity index (χ0n) is 12.5. The van der Waals surface area contributed by atoms with Crippen molar-refractivity contribution in [1.82, 2.24) is 5.32 Å². The van der Waals surface area contributed by atoms with Crippen LogP contribution in [0, 0.1) is 11.6 Å². The predicted octanol–water partition coefficient (Wildman–Crippen LogP) is 1.65. The van der Waals surface area contributed by atoms with Crippen molar-refractivity contribution in [1.29, 1.82) is 0 Å². The predicted molar refractivity (Wildman–Crippen MR) is 72.4 cm³/mol. The number of Topliss-reactive ketones (excluding diaryl/α,β-unsaturated/α-hetero) is 1. The maximum Gasteiger partial charge on any atom is 0.308 e. The van der Waals surface area contributed by atoms with E-state index in [1.54, 1.807) is 0 Å². The summed E-state index contributed by atoms with van der Waals surface area (Å²) in [6.45, 7) is 3.43. The molecule has 1 N–H and O–H groups in total. The lowest BCUT2D eigenvalue weighted by molar-refractivity contribution is -0.142. The Morgan fingerprint density at radius 2 is 1.91 bits per heavy atom. The molecule has 23 heavy (non-hydrogen) atoms. The van der Waals surface area contributed by atoms with Crippen molar-refractivity contribution >= 4 is 17.7 Å². The molecule has 122 valence electrons. The van der Waals surface area contributed by atoms with Gasteiger partial charge in [-0.1, -0.05) is 0 Å². The molecule has 0 fully saturated rings. The van der Waals surface area contributed by atoms with E-state index in [4.69, 9.17) is 9.47 Å². The molecular weight excluding hydrogens is 312 g/mol. The molecule has 1 amide bonds. The number of rotatable bonds is 3. The monoisotopic (exact) mass is 325 g/mol. The minimum absolute atomic E-state index is 0.256. The fraction of sp³-hybridized carbons (Fsp3) is 0.267. The standard InChI is InChI=1S/C15H13F2NO5/c1-7(19)18-14-12(22-8(2)20)13(21)15(3,23-14)10-5-4-9(16)6-11(10)17/h4-6H,1-3H3,(H,18,19). The highest BCUT2D eigenvalue weighted by atomic mass is 19.1. The SMILES string of the molecule is CC(=O)NC1=C(OC(C)=O)C(=O)C(C)(c2ccc(F)cc2F)O1. The first-order chi connectivity index (χ1) is 10.6. The molecular formula is C15H13F2NO5. The number of carbonyl (C=O) groups is 3. The zero-order chi connectivity index (χ0) is 17.4. The maximum absolute atomic E-state index is 14.0. The van der Waals surface area contributed by atoms with E-state index in [1.807, 2.05) is 0 Å². The molecule has 1 unspecified atom stereocenters. The highest BCUT2D eigenvalue weighted by Crippen LogP contribution is 2.39. The number of esters is 1. The van der Waals surface area contributed by atoms with Gasteiger partial charge in [0.15, 0.2) is 0 Å². The van der Waals surface area contributed by atoms with Crippen LogP contribution in [0.3, 0.4) is 0 Å². The Balaban J connectivity index is 2.49. The number of benzene rings is 1. The molecule has 6 nitrogen and oxygen atoms in total. The number of amides is 1. The highest BCUT2D eigenvalue weighted by molar-refractivity contribution is 6.04. The number of ketones is 1. The van der Waals surface area contributed by atoms with Gasteiger partial charge in [-0.3, -0.25) is 19.7 Å². The first kappa shape index (κ1) is 16.6. The van der Waals surface area contributed by atoms with Gasteiger partial charge in [0.05, 0.1) is 0 Å². The number of hydrogen-bond acceptors (Lipinski definition) is 5. The Morgan fingerprint density at radius 3 is 2.43 bits per heavy atom. The van der Waals surface area contributed by atoms with E-state index in [-0.39, 0.29) is 5.56 Å². The summed E-state index contributed by atoms with van der Waals surface area (Å²) < 4.78 is 37.2. The van der Waals surface area contributed by atoms with Crippen LogP contribution in [0.15, 0.2) is 29.8 Å². The second kappa shape index (κ2) is 5.79. The van der Waals surface area contributed by atoms with Crippen LogP contribution in [0.5, 0.6) is 0 Å². The fourth-order valence-corrected chi connectivity index (χ4v) is 2.15. The number of halogens is 2. The van der Waals surface area contributed by atoms with Crippen LogP contribution in [-0.2, 0) is 29.5 Å². The fourth-order valence-electron chi connectivity index (χ4n) is 2.15. The molecule has 1 aromatic carbocycles. The topological polar surface area (TPSA) is 81.7 Å². The average Bonchev–Trinajstić information content (AvgIpc) is 2.63. The van der Waals surface area contributed by atoms with E-state index in [9.17, 15) is 23.2 Å². The van der Waals surface area contributed by atoms with Gasteiger partial charge in [0.25, 0.3) is 5.78 Å². The van der Waals surface area contributed by atoms with Gasteiger partial charge in [-0.05, 0) is 19.1 Å². The molecule has 1 aromatic rings. The molecule has 1 aliphatic heterocycles. The molecule has 1 atom stereocenters. The van der Waals surface area contributed by atoms with Gasteiger partial charge >= 0.3 is 5.97 Å². The number of nitrogens with one attached hydrogen (secondary N) is 1. The van der Waals surface area contributed by atoms with Gasteiger partial charge < -0.3 is 9.47 Å². The lowest BCUT2D eigenvalue weighted by Gasteiger charge is -2.24. The van der Waals surface area contributed by atoms with E-state index < -0.39 is 46.5 Å². The smallest absolute Gasteiger partial charge is 0.308 e. The van der Waals surface area contributed by atoms with Crippen LogP contribution >= 0.6 is 0 Å². The third-order valence-electron chi connectivity index (χ3n) is 3.13. The van der Waals surface area contributed by atoms with Crippen LogP contribution in [0.2, 0.25) is 0 Å². The Bertz CT molecular complexity index is 743. The van der Waals surface area contributed by atoms with Gasteiger partial charge in [0, 0.05) is 25.5 Å². The Morgan fingerprint density at radius 1 is 1.26 bits per heavy atom. The second-order valence-electron chi connectivity index (χ2n) is 5.02. The number of ether oxygens (including phenoxy) is 2. The number of hydrogen-bond donors (Lipinski definition) is 1. The van der Waals surface area contributed by atoms with Crippen molar-refractivity contribution in [2.75, 3.05) is 0 Å². The van der Waals surface area contributed by atoms with Gasteiger partial charge in [-0.2, -0.15) is 0 Å². The molecule has 0 spiro atoms. The highest BCUT2D eigenvalue weighted by Gasteiger charge is 2.51. The largest absolute Gasteiger partial charge is 0.456 e. The van der Waals surface area contributed by atoms with E-state index in [2.05, 4.69) is 5.32 Å². The summed E-state index contributed by atoms with van der Waals surface area (Å²) in [5, 5.41) is 2.21. The van der Waals surface area contributed by atoms with E-state index >= 15 is 0 Å².